The highest BCUT2D eigenvalue weighted by Gasteiger charge is 2.35. The van der Waals surface area contributed by atoms with Crippen LogP contribution in [0.5, 0.6) is 0 Å². The summed E-state index contributed by atoms with van der Waals surface area (Å²) in [6.45, 7) is 1.44. The lowest BCUT2D eigenvalue weighted by Gasteiger charge is -2.46. The third-order valence-corrected chi connectivity index (χ3v) is 5.67. The molecule has 0 radical (unpaired) electrons. The minimum absolute atomic E-state index is 0.0574. The zero-order chi connectivity index (χ0) is 20.6. The molecule has 1 aliphatic heterocycles. The fourth-order valence-corrected chi connectivity index (χ4v) is 4.01. The zero-order valence-corrected chi connectivity index (χ0v) is 15.7. The van der Waals surface area contributed by atoms with E-state index in [0.29, 0.717) is 6.04 Å². The topological polar surface area (TPSA) is 90.6 Å². The second kappa shape index (κ2) is 7.83. The first kappa shape index (κ1) is 20.0. The molecule has 0 spiro atoms. The molecule has 1 saturated heterocycles. The van der Waals surface area contributed by atoms with Crippen LogP contribution in [0.25, 0.3) is 11.0 Å². The summed E-state index contributed by atoms with van der Waals surface area (Å²) in [4.78, 5) is 14.5. The number of nitrogens with zero attached hydrogens (tertiary/aromatic N) is 2. The van der Waals surface area contributed by atoms with Gasteiger partial charge in [0.1, 0.15) is 0 Å². The molecule has 10 heteroatoms. The van der Waals surface area contributed by atoms with Crippen LogP contribution >= 0.6 is 0 Å². The fraction of sp³-hybridized carbons (Fsp3) is 0.579. The van der Waals surface area contributed by atoms with Gasteiger partial charge < -0.3 is 20.3 Å². The highest BCUT2D eigenvalue weighted by Crippen LogP contribution is 2.33. The SMILES string of the molecule is O=C(CNc1noc2ccc(C(F)(F)F)cc12)NC1CN([C@H]2CC[C@@H](O)CC2)C1. The highest BCUT2D eigenvalue weighted by atomic mass is 19.4. The Hall–Kier alpha value is -2.33. The van der Waals surface area contributed by atoms with Crippen LogP contribution in [0.15, 0.2) is 22.7 Å². The molecule has 2 heterocycles. The van der Waals surface area contributed by atoms with Gasteiger partial charge >= 0.3 is 6.18 Å². The van der Waals surface area contributed by atoms with E-state index in [2.05, 4.69) is 20.7 Å². The lowest BCUT2D eigenvalue weighted by atomic mass is 9.89. The van der Waals surface area contributed by atoms with Gasteiger partial charge in [0.25, 0.3) is 0 Å². The molecule has 2 fully saturated rings. The fourth-order valence-electron chi connectivity index (χ4n) is 4.01. The van der Waals surface area contributed by atoms with Gasteiger partial charge in [0.2, 0.25) is 5.91 Å². The molecule has 4 rings (SSSR count). The number of aliphatic hydroxyl groups is 1. The van der Waals surface area contributed by atoms with Gasteiger partial charge in [0.05, 0.1) is 29.6 Å². The highest BCUT2D eigenvalue weighted by molar-refractivity contribution is 5.90. The molecule has 3 N–H and O–H groups in total. The number of likely N-dealkylation sites (tertiary alicyclic amines) is 1. The standard InChI is InChI=1S/C19H23F3N4O3/c20-19(21,22)11-1-6-16-15(7-11)18(25-29-16)23-8-17(28)24-12-9-26(10-12)13-2-4-14(27)5-3-13/h1,6-7,12-14,27H,2-5,8-10H2,(H,23,25)(H,24,28)/t13-,14+. The molecule has 0 atom stereocenters. The molecule has 0 unspecified atom stereocenters. The number of hydrogen-bond donors (Lipinski definition) is 3. The summed E-state index contributed by atoms with van der Waals surface area (Å²) in [6, 6.07) is 3.62. The number of carbonyl (C=O) groups is 1. The van der Waals surface area contributed by atoms with E-state index < -0.39 is 11.7 Å². The van der Waals surface area contributed by atoms with Crippen LogP contribution in [0.2, 0.25) is 0 Å². The first-order chi connectivity index (χ1) is 13.8. The minimum atomic E-state index is -4.47. The predicted octanol–water partition coefficient (Wildman–Crippen LogP) is 2.36. The quantitative estimate of drug-likeness (QED) is 0.699. The molecule has 1 aromatic carbocycles. The third kappa shape index (κ3) is 4.48. The Labute approximate surface area is 165 Å². The summed E-state index contributed by atoms with van der Waals surface area (Å²) in [6.07, 6.45) is -1.06. The van der Waals surface area contributed by atoms with Crippen LogP contribution in [-0.2, 0) is 11.0 Å². The number of fused-ring (bicyclic) bond motifs is 1. The number of alkyl halides is 3. The molecule has 1 aliphatic carbocycles. The van der Waals surface area contributed by atoms with Gasteiger partial charge in [-0.05, 0) is 43.9 Å². The first-order valence-electron chi connectivity index (χ1n) is 9.71. The predicted molar refractivity (Wildman–Crippen MR) is 99.3 cm³/mol. The zero-order valence-electron chi connectivity index (χ0n) is 15.7. The van der Waals surface area contributed by atoms with Crippen molar-refractivity contribution in [2.75, 3.05) is 25.0 Å². The Morgan fingerprint density at radius 3 is 2.66 bits per heavy atom. The molecule has 7 nitrogen and oxygen atoms in total. The summed E-state index contributed by atoms with van der Waals surface area (Å²) < 4.78 is 43.7. The van der Waals surface area contributed by atoms with E-state index in [1.165, 1.54) is 6.07 Å². The Bertz CT molecular complexity index is 871. The maximum atomic E-state index is 12.9. The summed E-state index contributed by atoms with van der Waals surface area (Å²) in [5, 5.41) is 19.1. The second-order valence-corrected chi connectivity index (χ2v) is 7.77. The molecule has 2 aromatic rings. The van der Waals surface area contributed by atoms with E-state index >= 15 is 0 Å². The summed E-state index contributed by atoms with van der Waals surface area (Å²) in [5.41, 5.74) is -0.585. The van der Waals surface area contributed by atoms with E-state index in [0.717, 1.165) is 50.9 Å². The smallest absolute Gasteiger partial charge is 0.393 e. The van der Waals surface area contributed by atoms with Gasteiger partial charge in [-0.2, -0.15) is 13.2 Å². The average Bonchev–Trinajstić information content (AvgIpc) is 3.05. The van der Waals surface area contributed by atoms with Crippen molar-refractivity contribution in [1.82, 2.24) is 15.4 Å². The molecule has 0 bridgehead atoms. The third-order valence-electron chi connectivity index (χ3n) is 5.67. The van der Waals surface area contributed by atoms with E-state index in [4.69, 9.17) is 4.52 Å². The summed E-state index contributed by atoms with van der Waals surface area (Å²) >= 11 is 0. The molecular weight excluding hydrogens is 389 g/mol. The van der Waals surface area contributed by atoms with E-state index in [1.54, 1.807) is 0 Å². The number of aliphatic hydroxyl groups excluding tert-OH is 1. The van der Waals surface area contributed by atoms with Crippen molar-refractivity contribution in [2.45, 2.75) is 50.0 Å². The van der Waals surface area contributed by atoms with Crippen LogP contribution in [-0.4, -0.2) is 58.9 Å². The van der Waals surface area contributed by atoms with Gasteiger partial charge in [-0.1, -0.05) is 5.16 Å². The number of nitrogens with one attached hydrogen (secondary N) is 2. The average molecular weight is 412 g/mol. The largest absolute Gasteiger partial charge is 0.416 e. The van der Waals surface area contributed by atoms with Crippen molar-refractivity contribution in [1.29, 1.82) is 0 Å². The van der Waals surface area contributed by atoms with Crippen molar-refractivity contribution in [3.8, 4) is 0 Å². The number of halogens is 3. The maximum Gasteiger partial charge on any atom is 0.416 e. The Morgan fingerprint density at radius 2 is 1.97 bits per heavy atom. The van der Waals surface area contributed by atoms with Crippen LogP contribution in [0, 0.1) is 0 Å². The van der Waals surface area contributed by atoms with E-state index in [9.17, 15) is 23.1 Å². The Balaban J connectivity index is 1.26. The van der Waals surface area contributed by atoms with Gasteiger partial charge in [0, 0.05) is 19.1 Å². The number of hydrogen-bond acceptors (Lipinski definition) is 6. The van der Waals surface area contributed by atoms with Crippen LogP contribution in [0.4, 0.5) is 19.0 Å². The normalized spacial score (nSPS) is 23.7. The van der Waals surface area contributed by atoms with E-state index in [-0.39, 0.29) is 41.4 Å². The van der Waals surface area contributed by atoms with Crippen molar-refractivity contribution >= 4 is 22.7 Å². The first-order valence-corrected chi connectivity index (χ1v) is 9.71. The molecule has 2 aliphatic rings. The number of aromatic nitrogens is 1. The van der Waals surface area contributed by atoms with Crippen LogP contribution < -0.4 is 10.6 Å². The maximum absolute atomic E-state index is 12.9. The number of amides is 1. The molecular formula is C19H23F3N4O3. The van der Waals surface area contributed by atoms with E-state index in [1.807, 2.05) is 0 Å². The monoisotopic (exact) mass is 412 g/mol. The summed E-state index contributed by atoms with van der Waals surface area (Å²) in [7, 11) is 0. The number of anilines is 1. The molecule has 1 aromatic heterocycles. The number of benzene rings is 1. The van der Waals surface area contributed by atoms with Crippen molar-refractivity contribution in [3.63, 3.8) is 0 Å². The number of rotatable bonds is 5. The van der Waals surface area contributed by atoms with Gasteiger partial charge in [0.15, 0.2) is 11.4 Å². The van der Waals surface area contributed by atoms with Crippen LogP contribution in [0.1, 0.15) is 31.2 Å². The van der Waals surface area contributed by atoms with Crippen molar-refractivity contribution in [3.05, 3.63) is 23.8 Å². The second-order valence-electron chi connectivity index (χ2n) is 7.77. The van der Waals surface area contributed by atoms with Crippen LogP contribution in [0.3, 0.4) is 0 Å². The van der Waals surface area contributed by atoms with Gasteiger partial charge in [-0.15, -0.1) is 0 Å². The van der Waals surface area contributed by atoms with Gasteiger partial charge in [-0.3, -0.25) is 9.69 Å². The Morgan fingerprint density at radius 1 is 1.24 bits per heavy atom. The van der Waals surface area contributed by atoms with Crippen molar-refractivity contribution in [2.24, 2.45) is 0 Å². The lowest BCUT2D eigenvalue weighted by Crippen LogP contribution is -2.63. The van der Waals surface area contributed by atoms with Gasteiger partial charge in [-0.25, -0.2) is 0 Å². The number of carbonyl (C=O) groups excluding carboxylic acids is 1. The lowest BCUT2D eigenvalue weighted by molar-refractivity contribution is -0.137. The Kier molecular flexibility index (Phi) is 5.39. The molecule has 29 heavy (non-hydrogen) atoms. The van der Waals surface area contributed by atoms with Crippen molar-refractivity contribution < 1.29 is 27.6 Å². The molecule has 1 amide bonds. The molecule has 158 valence electrons. The minimum Gasteiger partial charge on any atom is -0.393 e. The summed E-state index contributed by atoms with van der Waals surface area (Å²) in [5.74, 6) is -0.144. The molecule has 1 saturated carbocycles.